The predicted molar refractivity (Wildman–Crippen MR) is 116 cm³/mol. The Bertz CT molecular complexity index is 1040. The summed E-state index contributed by atoms with van der Waals surface area (Å²) >= 11 is 0. The molecule has 3 aromatic rings. The maximum Gasteiger partial charge on any atom is 0.213 e. The highest BCUT2D eigenvalue weighted by Gasteiger charge is 2.16. The maximum absolute atomic E-state index is 12.0. The average molecular weight is 400 g/mol. The number of hydrogen-bond donors (Lipinski definition) is 1. The van der Waals surface area contributed by atoms with Gasteiger partial charge in [0.2, 0.25) is 10.0 Å². The Kier molecular flexibility index (Phi) is 6.20. The molecule has 28 heavy (non-hydrogen) atoms. The van der Waals surface area contributed by atoms with Crippen molar-refractivity contribution >= 4 is 20.9 Å². The van der Waals surface area contributed by atoms with Gasteiger partial charge in [-0.25, -0.2) is 13.1 Å². The molecule has 0 aliphatic rings. The summed E-state index contributed by atoms with van der Waals surface area (Å²) in [4.78, 5) is 4.22. The summed E-state index contributed by atoms with van der Waals surface area (Å²) in [5.74, 6) is 0.518. The maximum atomic E-state index is 12.0. The van der Waals surface area contributed by atoms with Gasteiger partial charge in [0.05, 0.1) is 5.25 Å². The van der Waals surface area contributed by atoms with E-state index in [0.717, 1.165) is 17.7 Å². The van der Waals surface area contributed by atoms with Crippen LogP contribution in [0.4, 0.5) is 0 Å². The monoisotopic (exact) mass is 399 g/mol. The van der Waals surface area contributed by atoms with E-state index >= 15 is 0 Å². The molecule has 0 spiro atoms. The van der Waals surface area contributed by atoms with E-state index in [9.17, 15) is 8.42 Å². The van der Waals surface area contributed by atoms with E-state index in [-0.39, 0.29) is 0 Å². The van der Waals surface area contributed by atoms with Gasteiger partial charge in [0.1, 0.15) is 0 Å². The van der Waals surface area contributed by atoms with E-state index in [4.69, 9.17) is 0 Å². The Labute approximate surface area is 167 Å². The van der Waals surface area contributed by atoms with Crippen molar-refractivity contribution in [2.24, 2.45) is 5.92 Å². The highest BCUT2D eigenvalue weighted by atomic mass is 32.2. The van der Waals surface area contributed by atoms with E-state index in [1.165, 1.54) is 16.5 Å². The Hall–Kier alpha value is -2.18. The highest BCUT2D eigenvalue weighted by Crippen LogP contribution is 2.28. The molecule has 3 rings (SSSR count). The molecule has 2 heterocycles. The zero-order valence-corrected chi connectivity index (χ0v) is 17.8. The molecule has 1 N–H and O–H groups in total. The van der Waals surface area contributed by atoms with Crippen LogP contribution in [0.2, 0.25) is 0 Å². The third kappa shape index (κ3) is 4.62. The largest absolute Gasteiger partial charge is 0.347 e. The molecule has 0 aliphatic carbocycles. The van der Waals surface area contributed by atoms with Crippen molar-refractivity contribution < 1.29 is 8.42 Å². The Balaban J connectivity index is 1.93. The fraction of sp³-hybridized carbons (Fsp3) is 0.409. The van der Waals surface area contributed by atoms with E-state index in [1.807, 2.05) is 12.3 Å². The molecule has 0 unspecified atom stereocenters. The van der Waals surface area contributed by atoms with Gasteiger partial charge < -0.3 is 4.57 Å². The van der Waals surface area contributed by atoms with Gasteiger partial charge >= 0.3 is 0 Å². The molecule has 0 saturated heterocycles. The lowest BCUT2D eigenvalue weighted by atomic mass is 10.0. The van der Waals surface area contributed by atoms with E-state index < -0.39 is 15.3 Å². The van der Waals surface area contributed by atoms with Gasteiger partial charge in [0, 0.05) is 48.1 Å². The quantitative estimate of drug-likeness (QED) is 0.616. The van der Waals surface area contributed by atoms with Crippen molar-refractivity contribution in [1.29, 1.82) is 0 Å². The number of pyridine rings is 1. The second-order valence-electron chi connectivity index (χ2n) is 7.91. The summed E-state index contributed by atoms with van der Waals surface area (Å²) in [7, 11) is -3.24. The molecule has 150 valence electrons. The molecule has 0 atom stereocenters. The molecule has 1 aromatic carbocycles. The van der Waals surface area contributed by atoms with Crippen molar-refractivity contribution in [2.75, 3.05) is 6.54 Å². The molecule has 2 aromatic heterocycles. The molecule has 0 aliphatic heterocycles. The summed E-state index contributed by atoms with van der Waals surface area (Å²) in [6.45, 7) is 9.12. The van der Waals surface area contributed by atoms with E-state index in [1.54, 1.807) is 20.0 Å². The van der Waals surface area contributed by atoms with E-state index in [2.05, 4.69) is 58.6 Å². The SMILES string of the molecule is CC(C)Cn1cc(CCNS(=O)(=O)C(C)C)c2ccc(-c3cccnc3)cc21. The van der Waals surface area contributed by atoms with Crippen molar-refractivity contribution in [2.45, 2.75) is 45.9 Å². The summed E-state index contributed by atoms with van der Waals surface area (Å²) in [5.41, 5.74) is 4.57. The van der Waals surface area contributed by atoms with Crippen molar-refractivity contribution in [3.63, 3.8) is 0 Å². The third-order valence-corrected chi connectivity index (χ3v) is 6.69. The van der Waals surface area contributed by atoms with Crippen molar-refractivity contribution in [3.05, 3.63) is 54.5 Å². The molecule has 5 nitrogen and oxygen atoms in total. The normalized spacial score (nSPS) is 12.4. The fourth-order valence-corrected chi connectivity index (χ4v) is 4.04. The van der Waals surface area contributed by atoms with Crippen LogP contribution in [-0.4, -0.2) is 29.8 Å². The first-order chi connectivity index (χ1) is 13.3. The van der Waals surface area contributed by atoms with Gasteiger partial charge in [-0.1, -0.05) is 32.0 Å². The van der Waals surface area contributed by atoms with Crippen LogP contribution in [0.15, 0.2) is 48.9 Å². The minimum Gasteiger partial charge on any atom is -0.347 e. The number of rotatable bonds is 8. The fourth-order valence-electron chi connectivity index (χ4n) is 3.32. The molecular weight excluding hydrogens is 370 g/mol. The smallest absolute Gasteiger partial charge is 0.213 e. The minimum atomic E-state index is -3.24. The van der Waals surface area contributed by atoms with Gasteiger partial charge in [0.15, 0.2) is 0 Å². The summed E-state index contributed by atoms with van der Waals surface area (Å²) < 4.78 is 29.0. The molecular formula is C22H29N3O2S. The lowest BCUT2D eigenvalue weighted by molar-refractivity contribution is 0.534. The van der Waals surface area contributed by atoms with Crippen molar-refractivity contribution in [1.82, 2.24) is 14.3 Å². The van der Waals surface area contributed by atoms with Crippen LogP contribution in [0, 0.1) is 5.92 Å². The van der Waals surface area contributed by atoms with Gasteiger partial charge in [0.25, 0.3) is 0 Å². The van der Waals surface area contributed by atoms with Crippen LogP contribution in [0.3, 0.4) is 0 Å². The number of fused-ring (bicyclic) bond motifs is 1. The Morgan fingerprint density at radius 1 is 1.11 bits per heavy atom. The Morgan fingerprint density at radius 2 is 1.89 bits per heavy atom. The van der Waals surface area contributed by atoms with E-state index in [0.29, 0.717) is 18.9 Å². The summed E-state index contributed by atoms with van der Waals surface area (Å²) in [6.07, 6.45) is 6.49. The topological polar surface area (TPSA) is 64.0 Å². The second-order valence-corrected chi connectivity index (χ2v) is 10.2. The first kappa shape index (κ1) is 20.6. The summed E-state index contributed by atoms with van der Waals surface area (Å²) in [5, 5.41) is 0.758. The lowest BCUT2D eigenvalue weighted by Gasteiger charge is -2.09. The average Bonchev–Trinajstić information content (AvgIpc) is 2.98. The Morgan fingerprint density at radius 3 is 2.54 bits per heavy atom. The molecule has 0 fully saturated rings. The number of sulfonamides is 1. The number of hydrogen-bond acceptors (Lipinski definition) is 3. The number of benzene rings is 1. The zero-order chi connectivity index (χ0) is 20.3. The van der Waals surface area contributed by atoms with Crippen LogP contribution in [0.1, 0.15) is 33.3 Å². The van der Waals surface area contributed by atoms with Gasteiger partial charge in [-0.15, -0.1) is 0 Å². The predicted octanol–water partition coefficient (Wildman–Crippen LogP) is 4.23. The molecule has 0 bridgehead atoms. The molecule has 6 heteroatoms. The number of nitrogens with one attached hydrogen (secondary N) is 1. The van der Waals surface area contributed by atoms with Gasteiger partial charge in [-0.2, -0.15) is 0 Å². The van der Waals surface area contributed by atoms with Crippen molar-refractivity contribution in [3.8, 4) is 11.1 Å². The molecule has 0 amide bonds. The first-order valence-electron chi connectivity index (χ1n) is 9.78. The third-order valence-electron chi connectivity index (χ3n) is 4.84. The number of aromatic nitrogens is 2. The molecule has 0 radical (unpaired) electrons. The highest BCUT2D eigenvalue weighted by molar-refractivity contribution is 7.90. The number of nitrogens with zero attached hydrogens (tertiary/aromatic N) is 2. The first-order valence-corrected chi connectivity index (χ1v) is 11.3. The second kappa shape index (κ2) is 8.45. The van der Waals surface area contributed by atoms with Crippen LogP contribution in [0.25, 0.3) is 22.0 Å². The van der Waals surface area contributed by atoms with Gasteiger partial charge in [-0.3, -0.25) is 4.98 Å². The van der Waals surface area contributed by atoms with Crippen LogP contribution in [0.5, 0.6) is 0 Å². The minimum absolute atomic E-state index is 0.408. The van der Waals surface area contributed by atoms with Gasteiger partial charge in [-0.05, 0) is 49.4 Å². The molecule has 0 saturated carbocycles. The van der Waals surface area contributed by atoms with Crippen LogP contribution < -0.4 is 4.72 Å². The standard InChI is InChI=1S/C22H29N3O2S/c1-16(2)14-25-15-20(9-11-24-28(26,27)17(3)4)21-8-7-18(12-22(21)25)19-6-5-10-23-13-19/h5-8,10,12-13,15-17,24H,9,11,14H2,1-4H3. The van der Waals surface area contributed by atoms with Crippen LogP contribution in [-0.2, 0) is 23.0 Å². The summed E-state index contributed by atoms with van der Waals surface area (Å²) in [6, 6.07) is 10.5. The van der Waals surface area contributed by atoms with Crippen LogP contribution >= 0.6 is 0 Å². The lowest BCUT2D eigenvalue weighted by Crippen LogP contribution is -2.32. The zero-order valence-electron chi connectivity index (χ0n) is 17.0.